The molecule has 0 radical (unpaired) electrons. The van der Waals surface area contributed by atoms with Crippen LogP contribution in [-0.2, 0) is 0 Å². The summed E-state index contributed by atoms with van der Waals surface area (Å²) in [5.41, 5.74) is 5.12. The van der Waals surface area contributed by atoms with Crippen molar-refractivity contribution in [3.8, 4) is 6.07 Å². The Hall–Kier alpha value is -1.81. The van der Waals surface area contributed by atoms with Crippen LogP contribution in [0.3, 0.4) is 0 Å². The maximum absolute atomic E-state index is 9.22. The van der Waals surface area contributed by atoms with Crippen molar-refractivity contribution >= 4 is 0 Å². The smallest absolute Gasteiger partial charge is 0.0947 e. The van der Waals surface area contributed by atoms with Gasteiger partial charge in [-0.2, -0.15) is 5.26 Å². The zero-order valence-corrected chi connectivity index (χ0v) is 11.8. The second kappa shape index (κ2) is 4.10. The maximum atomic E-state index is 9.22. The predicted molar refractivity (Wildman–Crippen MR) is 78.1 cm³/mol. The minimum absolute atomic E-state index is 0.149. The Balaban J connectivity index is 2.25. The summed E-state index contributed by atoms with van der Waals surface area (Å²) in [4.78, 5) is 0. The van der Waals surface area contributed by atoms with E-state index in [9.17, 15) is 5.26 Å². The van der Waals surface area contributed by atoms with E-state index in [1.54, 1.807) is 0 Å². The van der Waals surface area contributed by atoms with Crippen LogP contribution in [0.1, 0.15) is 27.2 Å². The third kappa shape index (κ3) is 1.67. The molecule has 3 rings (SSSR count). The van der Waals surface area contributed by atoms with Gasteiger partial charge in [-0.1, -0.05) is 55.9 Å². The molecule has 0 aliphatic heterocycles. The van der Waals surface area contributed by atoms with E-state index in [0.717, 1.165) is 12.0 Å². The lowest BCUT2D eigenvalue weighted by atomic mass is 9.70. The van der Waals surface area contributed by atoms with Gasteiger partial charge in [-0.25, -0.2) is 0 Å². The van der Waals surface area contributed by atoms with E-state index < -0.39 is 0 Å². The number of nitriles is 1. The fourth-order valence-electron chi connectivity index (χ4n) is 3.54. The SMILES string of the molecule is C/C(C#N)=C1\C=CC2C=CC1C1=C(C=CC1)C2(C)C. The van der Waals surface area contributed by atoms with Crippen LogP contribution in [0.25, 0.3) is 0 Å². The molecule has 3 aliphatic carbocycles. The van der Waals surface area contributed by atoms with Gasteiger partial charge in [0.2, 0.25) is 0 Å². The van der Waals surface area contributed by atoms with Gasteiger partial charge in [0, 0.05) is 17.4 Å². The van der Waals surface area contributed by atoms with E-state index >= 15 is 0 Å². The molecule has 0 aromatic rings. The van der Waals surface area contributed by atoms with Gasteiger partial charge < -0.3 is 0 Å². The van der Waals surface area contributed by atoms with Crippen LogP contribution in [0.15, 0.2) is 58.7 Å². The fraction of sp³-hybridized carbons (Fsp3) is 0.389. The molecule has 1 heteroatoms. The van der Waals surface area contributed by atoms with Gasteiger partial charge in [0.05, 0.1) is 6.07 Å². The second-order valence-electron chi connectivity index (χ2n) is 6.21. The molecule has 0 aromatic carbocycles. The Morgan fingerprint density at radius 1 is 1.26 bits per heavy atom. The van der Waals surface area contributed by atoms with Crippen molar-refractivity contribution in [2.75, 3.05) is 0 Å². The van der Waals surface area contributed by atoms with E-state index in [1.807, 2.05) is 6.92 Å². The van der Waals surface area contributed by atoms with Crippen molar-refractivity contribution in [3.63, 3.8) is 0 Å². The quantitative estimate of drug-likeness (QED) is 0.458. The lowest BCUT2D eigenvalue weighted by molar-refractivity contribution is 0.381. The highest BCUT2D eigenvalue weighted by Gasteiger charge is 2.38. The van der Waals surface area contributed by atoms with Gasteiger partial charge in [0.1, 0.15) is 0 Å². The van der Waals surface area contributed by atoms with Crippen molar-refractivity contribution in [1.29, 1.82) is 5.26 Å². The molecule has 0 N–H and O–H groups in total. The van der Waals surface area contributed by atoms with Gasteiger partial charge in [-0.3, -0.25) is 0 Å². The Labute approximate surface area is 115 Å². The van der Waals surface area contributed by atoms with Crippen molar-refractivity contribution in [3.05, 3.63) is 58.7 Å². The molecule has 2 atom stereocenters. The lowest BCUT2D eigenvalue weighted by Crippen LogP contribution is -2.24. The van der Waals surface area contributed by atoms with Crippen LogP contribution in [0.5, 0.6) is 0 Å². The third-order valence-electron chi connectivity index (χ3n) is 4.80. The third-order valence-corrected chi connectivity index (χ3v) is 4.80. The monoisotopic (exact) mass is 249 g/mol. The van der Waals surface area contributed by atoms with Crippen molar-refractivity contribution in [2.24, 2.45) is 17.3 Å². The van der Waals surface area contributed by atoms with E-state index in [0.29, 0.717) is 5.92 Å². The molecule has 0 aromatic heterocycles. The molecule has 1 nitrogen and oxygen atoms in total. The largest absolute Gasteiger partial charge is 0.193 e. The zero-order chi connectivity index (χ0) is 13.6. The molecule has 96 valence electrons. The molecule has 0 saturated carbocycles. The molecular formula is C18H19N. The number of hydrogen-bond donors (Lipinski definition) is 0. The lowest BCUT2D eigenvalue weighted by Gasteiger charge is -2.33. The van der Waals surface area contributed by atoms with E-state index in [1.165, 1.54) is 16.7 Å². The van der Waals surface area contributed by atoms with Gasteiger partial charge in [0.25, 0.3) is 0 Å². The van der Waals surface area contributed by atoms with Crippen LogP contribution in [-0.4, -0.2) is 0 Å². The first-order valence-electron chi connectivity index (χ1n) is 6.93. The first-order valence-corrected chi connectivity index (χ1v) is 6.93. The topological polar surface area (TPSA) is 23.8 Å². The van der Waals surface area contributed by atoms with E-state index in [4.69, 9.17) is 0 Å². The second-order valence-corrected chi connectivity index (χ2v) is 6.21. The molecule has 2 unspecified atom stereocenters. The number of rotatable bonds is 0. The summed E-state index contributed by atoms with van der Waals surface area (Å²) in [7, 11) is 0. The minimum atomic E-state index is 0.149. The summed E-state index contributed by atoms with van der Waals surface area (Å²) >= 11 is 0. The van der Waals surface area contributed by atoms with Crippen LogP contribution < -0.4 is 0 Å². The highest BCUT2D eigenvalue weighted by Crippen LogP contribution is 2.50. The number of nitrogens with zero attached hydrogens (tertiary/aromatic N) is 1. The summed E-state index contributed by atoms with van der Waals surface area (Å²) in [5.74, 6) is 0.696. The van der Waals surface area contributed by atoms with Gasteiger partial charge >= 0.3 is 0 Å². The Bertz CT molecular complexity index is 615. The summed E-state index contributed by atoms with van der Waals surface area (Å²) in [5, 5.41) is 9.22. The van der Waals surface area contributed by atoms with Gasteiger partial charge in [-0.05, 0) is 29.9 Å². The fourth-order valence-corrected chi connectivity index (χ4v) is 3.54. The predicted octanol–water partition coefficient (Wildman–Crippen LogP) is 4.48. The van der Waals surface area contributed by atoms with Crippen molar-refractivity contribution in [2.45, 2.75) is 27.2 Å². The zero-order valence-electron chi connectivity index (χ0n) is 11.8. The Morgan fingerprint density at radius 2 is 2.05 bits per heavy atom. The Kier molecular flexibility index (Phi) is 2.64. The van der Waals surface area contributed by atoms with Crippen molar-refractivity contribution < 1.29 is 0 Å². The molecule has 0 fully saturated rings. The molecule has 3 aliphatic rings. The number of fused-ring (bicyclic) bond motifs is 3. The first-order chi connectivity index (χ1) is 9.05. The van der Waals surface area contributed by atoms with Crippen LogP contribution in [0, 0.1) is 28.6 Å². The molecule has 0 heterocycles. The summed E-state index contributed by atoms with van der Waals surface area (Å²) in [6.45, 7) is 6.58. The highest BCUT2D eigenvalue weighted by molar-refractivity contribution is 5.53. The van der Waals surface area contributed by atoms with Crippen LogP contribution in [0.2, 0.25) is 0 Å². The molecule has 19 heavy (non-hydrogen) atoms. The van der Waals surface area contributed by atoms with Gasteiger partial charge in [-0.15, -0.1) is 0 Å². The van der Waals surface area contributed by atoms with Crippen LogP contribution in [0.4, 0.5) is 0 Å². The summed E-state index contributed by atoms with van der Waals surface area (Å²) < 4.78 is 0. The maximum Gasteiger partial charge on any atom is 0.0947 e. The molecule has 0 spiro atoms. The normalized spacial score (nSPS) is 32.9. The standard InChI is InChI=1S/C18H19N/c1-12(11-19)14-9-7-13-8-10-15(14)16-5-4-6-17(16)18(13,2)3/h4,6-10,13,15H,5H2,1-3H3/b14-12-. The number of hydrogen-bond acceptors (Lipinski definition) is 1. The first kappa shape index (κ1) is 12.2. The highest BCUT2D eigenvalue weighted by atomic mass is 14.4. The minimum Gasteiger partial charge on any atom is -0.193 e. The van der Waals surface area contributed by atoms with Crippen molar-refractivity contribution in [1.82, 2.24) is 0 Å². The molecule has 2 bridgehead atoms. The van der Waals surface area contributed by atoms with E-state index in [2.05, 4.69) is 56.4 Å². The van der Waals surface area contributed by atoms with E-state index in [-0.39, 0.29) is 11.3 Å². The average molecular weight is 249 g/mol. The average Bonchev–Trinajstić information content (AvgIpc) is 2.73. The number of allylic oxidation sites excluding steroid dienone is 10. The molecule has 0 amide bonds. The summed E-state index contributed by atoms with van der Waals surface area (Å²) in [6, 6.07) is 2.32. The van der Waals surface area contributed by atoms with Gasteiger partial charge in [0.15, 0.2) is 0 Å². The Morgan fingerprint density at radius 3 is 2.79 bits per heavy atom. The molecule has 0 saturated heterocycles. The summed E-state index contributed by atoms with van der Waals surface area (Å²) in [6.07, 6.45) is 14.7. The van der Waals surface area contributed by atoms with Crippen LogP contribution >= 0.6 is 0 Å². The molecular weight excluding hydrogens is 230 g/mol.